The van der Waals surface area contributed by atoms with Crippen molar-refractivity contribution in [3.05, 3.63) is 12.2 Å². The molecular weight excluding hydrogens is 236 g/mol. The minimum Gasteiger partial charge on any atom is -0.478 e. The average molecular weight is 254 g/mol. The van der Waals surface area contributed by atoms with Crippen LogP contribution in [0.2, 0.25) is 0 Å². The number of carboxylic acid groups (broad SMARTS) is 1. The highest BCUT2D eigenvalue weighted by Crippen LogP contribution is 2.11. The van der Waals surface area contributed by atoms with E-state index in [0.717, 1.165) is 42.9 Å². The standard InChI is InChI=1S/C12H18N2O4/c1-2-3-4-7-13-9-8-14(12(9)18)10(15)5-6-11(16)17/h5-6,9,13H,2-4,7-8H2,1H3,(H,16,17)/b6-5+. The van der Waals surface area contributed by atoms with E-state index in [4.69, 9.17) is 5.11 Å². The average Bonchev–Trinajstić information content (AvgIpc) is 2.33. The topological polar surface area (TPSA) is 86.7 Å². The van der Waals surface area contributed by atoms with Crippen LogP contribution in [0.4, 0.5) is 0 Å². The molecule has 6 nitrogen and oxygen atoms in total. The lowest BCUT2D eigenvalue weighted by Crippen LogP contribution is -2.64. The van der Waals surface area contributed by atoms with Crippen LogP contribution >= 0.6 is 0 Å². The van der Waals surface area contributed by atoms with Gasteiger partial charge in [0.15, 0.2) is 0 Å². The summed E-state index contributed by atoms with van der Waals surface area (Å²) < 4.78 is 0. The molecule has 0 aromatic carbocycles. The Morgan fingerprint density at radius 1 is 1.44 bits per heavy atom. The monoisotopic (exact) mass is 254 g/mol. The Labute approximate surface area is 106 Å². The number of likely N-dealkylation sites (tertiary alicyclic amines) is 1. The molecule has 0 spiro atoms. The number of amides is 2. The summed E-state index contributed by atoms with van der Waals surface area (Å²) in [5.41, 5.74) is 0. The number of unbranched alkanes of at least 4 members (excludes halogenated alkanes) is 2. The zero-order valence-electron chi connectivity index (χ0n) is 10.4. The molecule has 1 unspecified atom stereocenters. The number of carboxylic acids is 1. The highest BCUT2D eigenvalue weighted by atomic mass is 16.4. The molecule has 1 atom stereocenters. The molecule has 18 heavy (non-hydrogen) atoms. The molecule has 1 aliphatic heterocycles. The number of carbonyl (C=O) groups excluding carboxylic acids is 2. The molecule has 1 aliphatic rings. The lowest BCUT2D eigenvalue weighted by atomic mass is 10.1. The van der Waals surface area contributed by atoms with Gasteiger partial charge in [0.05, 0.1) is 6.54 Å². The van der Waals surface area contributed by atoms with Crippen LogP contribution in [0.25, 0.3) is 0 Å². The fraction of sp³-hybridized carbons (Fsp3) is 0.583. The Morgan fingerprint density at radius 3 is 2.72 bits per heavy atom. The van der Waals surface area contributed by atoms with Crippen LogP contribution in [-0.4, -0.2) is 46.9 Å². The van der Waals surface area contributed by atoms with E-state index >= 15 is 0 Å². The van der Waals surface area contributed by atoms with Gasteiger partial charge in [-0.15, -0.1) is 0 Å². The summed E-state index contributed by atoms with van der Waals surface area (Å²) >= 11 is 0. The third-order valence-electron chi connectivity index (χ3n) is 2.73. The Bertz CT molecular complexity index is 365. The zero-order valence-corrected chi connectivity index (χ0v) is 10.4. The highest BCUT2D eigenvalue weighted by Gasteiger charge is 2.39. The van der Waals surface area contributed by atoms with E-state index in [2.05, 4.69) is 12.2 Å². The van der Waals surface area contributed by atoms with Crippen molar-refractivity contribution in [2.75, 3.05) is 13.1 Å². The third-order valence-corrected chi connectivity index (χ3v) is 2.73. The first-order valence-corrected chi connectivity index (χ1v) is 6.06. The SMILES string of the molecule is CCCCCNC1CN(C(=O)/C=C/C(=O)O)C1=O. The molecule has 1 rings (SSSR count). The van der Waals surface area contributed by atoms with E-state index in [0.29, 0.717) is 6.54 Å². The number of rotatable bonds is 7. The van der Waals surface area contributed by atoms with Crippen LogP contribution < -0.4 is 5.32 Å². The molecule has 0 saturated carbocycles. The van der Waals surface area contributed by atoms with Gasteiger partial charge in [-0.2, -0.15) is 0 Å². The van der Waals surface area contributed by atoms with Crippen LogP contribution in [0.15, 0.2) is 12.2 Å². The lowest BCUT2D eigenvalue weighted by molar-refractivity contribution is -0.153. The first-order valence-electron chi connectivity index (χ1n) is 6.06. The maximum absolute atomic E-state index is 11.6. The summed E-state index contributed by atoms with van der Waals surface area (Å²) in [4.78, 5) is 34.2. The molecule has 1 saturated heterocycles. The van der Waals surface area contributed by atoms with Crippen molar-refractivity contribution >= 4 is 17.8 Å². The van der Waals surface area contributed by atoms with Gasteiger partial charge in [0.1, 0.15) is 6.04 Å². The van der Waals surface area contributed by atoms with Crippen molar-refractivity contribution in [1.29, 1.82) is 0 Å². The number of imide groups is 1. The van der Waals surface area contributed by atoms with Gasteiger partial charge in [-0.25, -0.2) is 4.79 Å². The van der Waals surface area contributed by atoms with Crippen LogP contribution in [-0.2, 0) is 14.4 Å². The fourth-order valence-electron chi connectivity index (χ4n) is 1.66. The van der Waals surface area contributed by atoms with E-state index in [9.17, 15) is 14.4 Å². The summed E-state index contributed by atoms with van der Waals surface area (Å²) in [6.07, 6.45) is 4.86. The van der Waals surface area contributed by atoms with E-state index in [-0.39, 0.29) is 11.9 Å². The minimum atomic E-state index is -1.20. The number of hydrogen-bond donors (Lipinski definition) is 2. The number of nitrogens with zero attached hydrogens (tertiary/aromatic N) is 1. The summed E-state index contributed by atoms with van der Waals surface area (Å²) in [7, 11) is 0. The Kier molecular flexibility index (Phi) is 5.51. The van der Waals surface area contributed by atoms with Crippen LogP contribution in [0.1, 0.15) is 26.2 Å². The van der Waals surface area contributed by atoms with Gasteiger partial charge in [-0.05, 0) is 13.0 Å². The summed E-state index contributed by atoms with van der Waals surface area (Å²) in [5.74, 6) is -2.06. The Hall–Kier alpha value is -1.69. The van der Waals surface area contributed by atoms with Gasteiger partial charge in [0.2, 0.25) is 5.91 Å². The number of carbonyl (C=O) groups is 3. The molecule has 100 valence electrons. The molecule has 2 N–H and O–H groups in total. The van der Waals surface area contributed by atoms with Gasteiger partial charge < -0.3 is 10.4 Å². The molecule has 6 heteroatoms. The van der Waals surface area contributed by atoms with Gasteiger partial charge >= 0.3 is 5.97 Å². The minimum absolute atomic E-state index is 0.286. The number of β-lactam (4-membered cyclic amide) rings is 1. The predicted octanol–water partition coefficient (Wildman–Crippen LogP) is 0.144. The number of aliphatic carboxylic acids is 1. The second-order valence-corrected chi connectivity index (χ2v) is 4.17. The van der Waals surface area contributed by atoms with Crippen LogP contribution in [0.5, 0.6) is 0 Å². The first kappa shape index (κ1) is 14.4. The van der Waals surface area contributed by atoms with Gasteiger partial charge in [-0.1, -0.05) is 19.8 Å². The first-order chi connectivity index (χ1) is 8.56. The Morgan fingerprint density at radius 2 is 2.17 bits per heavy atom. The van der Waals surface area contributed by atoms with Crippen molar-refractivity contribution < 1.29 is 19.5 Å². The van der Waals surface area contributed by atoms with Crippen molar-refractivity contribution in [3.63, 3.8) is 0 Å². The van der Waals surface area contributed by atoms with Crippen molar-refractivity contribution in [2.45, 2.75) is 32.2 Å². The molecule has 0 bridgehead atoms. The number of nitrogens with one attached hydrogen (secondary N) is 1. The number of hydrogen-bond acceptors (Lipinski definition) is 4. The van der Waals surface area contributed by atoms with Gasteiger partial charge in [-0.3, -0.25) is 14.5 Å². The molecule has 0 aliphatic carbocycles. The maximum Gasteiger partial charge on any atom is 0.328 e. The van der Waals surface area contributed by atoms with Gasteiger partial charge in [0.25, 0.3) is 5.91 Å². The van der Waals surface area contributed by atoms with E-state index in [1.54, 1.807) is 0 Å². The molecule has 2 amide bonds. The molecule has 0 radical (unpaired) electrons. The van der Waals surface area contributed by atoms with Crippen molar-refractivity contribution in [1.82, 2.24) is 10.2 Å². The van der Waals surface area contributed by atoms with Crippen molar-refractivity contribution in [2.24, 2.45) is 0 Å². The summed E-state index contributed by atoms with van der Waals surface area (Å²) in [5, 5.41) is 11.4. The predicted molar refractivity (Wildman–Crippen MR) is 64.8 cm³/mol. The maximum atomic E-state index is 11.6. The van der Waals surface area contributed by atoms with E-state index in [1.165, 1.54) is 0 Å². The van der Waals surface area contributed by atoms with E-state index in [1.807, 2.05) is 0 Å². The summed E-state index contributed by atoms with van der Waals surface area (Å²) in [6.45, 7) is 3.18. The quantitative estimate of drug-likeness (QED) is 0.383. The van der Waals surface area contributed by atoms with Crippen LogP contribution in [0, 0.1) is 0 Å². The highest BCUT2D eigenvalue weighted by molar-refractivity contribution is 6.08. The largest absolute Gasteiger partial charge is 0.478 e. The fourth-order valence-corrected chi connectivity index (χ4v) is 1.66. The third kappa shape index (κ3) is 3.96. The molecular formula is C12H18N2O4. The molecule has 1 fully saturated rings. The second kappa shape index (κ2) is 6.90. The summed E-state index contributed by atoms with van der Waals surface area (Å²) in [6, 6.07) is -0.302. The zero-order chi connectivity index (χ0) is 13.5. The molecule has 0 aromatic heterocycles. The van der Waals surface area contributed by atoms with E-state index < -0.39 is 11.9 Å². The van der Waals surface area contributed by atoms with Crippen molar-refractivity contribution in [3.8, 4) is 0 Å². The molecule has 0 aromatic rings. The van der Waals surface area contributed by atoms with Gasteiger partial charge in [0, 0.05) is 12.2 Å². The Balaban J connectivity index is 2.28. The van der Waals surface area contributed by atoms with Crippen LogP contribution in [0.3, 0.4) is 0 Å². The normalized spacial score (nSPS) is 19.1. The smallest absolute Gasteiger partial charge is 0.328 e. The second-order valence-electron chi connectivity index (χ2n) is 4.17. The molecule has 1 heterocycles. The lowest BCUT2D eigenvalue weighted by Gasteiger charge is -2.36.